The van der Waals surface area contributed by atoms with Crippen molar-refractivity contribution in [2.45, 2.75) is 33.6 Å². The van der Waals surface area contributed by atoms with Crippen LogP contribution >= 0.6 is 24.0 Å². The first-order valence-corrected chi connectivity index (χ1v) is 6.12. The van der Waals surface area contributed by atoms with Crippen molar-refractivity contribution in [3.05, 3.63) is 28.1 Å². The van der Waals surface area contributed by atoms with Crippen molar-refractivity contribution in [2.24, 2.45) is 0 Å². The van der Waals surface area contributed by atoms with Crippen LogP contribution in [0.4, 0.5) is 5.82 Å². The van der Waals surface area contributed by atoms with E-state index in [1.165, 1.54) is 0 Å². The number of nitrogens with zero attached hydrogens (tertiary/aromatic N) is 2. The van der Waals surface area contributed by atoms with Gasteiger partial charge in [0.25, 0.3) is 5.82 Å². The van der Waals surface area contributed by atoms with Gasteiger partial charge in [-0.3, -0.25) is 4.90 Å². The average molecular weight is 279 g/mol. The van der Waals surface area contributed by atoms with Crippen LogP contribution in [0.5, 0.6) is 0 Å². The van der Waals surface area contributed by atoms with Crippen LogP contribution in [-0.4, -0.2) is 13.1 Å². The molecule has 0 radical (unpaired) electrons. The largest absolute Gasteiger partial charge is 0.710 e. The zero-order valence-electron chi connectivity index (χ0n) is 10.6. The molecule has 3 nitrogen and oxygen atoms in total. The summed E-state index contributed by atoms with van der Waals surface area (Å²) in [4.78, 5) is 2.09. The molecule has 1 aromatic rings. The molecule has 0 unspecified atom stereocenters. The molecule has 0 bridgehead atoms. The Balaban J connectivity index is 0.00000256. The van der Waals surface area contributed by atoms with Crippen LogP contribution in [0.15, 0.2) is 12.1 Å². The molecule has 0 aliphatic carbocycles. The summed E-state index contributed by atoms with van der Waals surface area (Å²) >= 11 is 5.99. The average Bonchev–Trinajstić information content (AvgIpc) is 2.23. The van der Waals surface area contributed by atoms with Gasteiger partial charge in [0.1, 0.15) is 5.69 Å². The fourth-order valence-corrected chi connectivity index (χ4v) is 2.02. The fraction of sp³-hybridized carbons (Fsp3) is 0.583. The SMILES string of the molecule is CCCN(CCC)c1cc(Cl)cc(C)[n+]1[O-].Cl. The van der Waals surface area contributed by atoms with Crippen molar-refractivity contribution in [1.82, 2.24) is 0 Å². The minimum absolute atomic E-state index is 0. The highest BCUT2D eigenvalue weighted by Gasteiger charge is 2.17. The molecule has 0 amide bonds. The number of hydrogen-bond donors (Lipinski definition) is 0. The number of pyridine rings is 1. The fourth-order valence-electron chi connectivity index (χ4n) is 1.76. The maximum Gasteiger partial charge on any atom is 0.281 e. The summed E-state index contributed by atoms with van der Waals surface area (Å²) in [5.41, 5.74) is 0.639. The maximum absolute atomic E-state index is 11.9. The molecule has 0 saturated carbocycles. The summed E-state index contributed by atoms with van der Waals surface area (Å²) in [7, 11) is 0. The third-order valence-electron chi connectivity index (χ3n) is 2.45. The van der Waals surface area contributed by atoms with E-state index in [0.29, 0.717) is 16.5 Å². The molecule has 98 valence electrons. The molecule has 0 aromatic carbocycles. The Labute approximate surface area is 114 Å². The highest BCUT2D eigenvalue weighted by Crippen LogP contribution is 2.17. The van der Waals surface area contributed by atoms with Gasteiger partial charge in [-0.25, -0.2) is 4.73 Å². The first-order valence-electron chi connectivity index (χ1n) is 5.74. The summed E-state index contributed by atoms with van der Waals surface area (Å²) in [6.07, 6.45) is 2.04. The normalized spacial score (nSPS) is 9.88. The summed E-state index contributed by atoms with van der Waals surface area (Å²) in [5, 5.41) is 12.6. The Morgan fingerprint density at radius 3 is 2.24 bits per heavy atom. The van der Waals surface area contributed by atoms with Crippen LogP contribution in [0, 0.1) is 12.1 Å². The smallest absolute Gasteiger partial charge is 0.281 e. The van der Waals surface area contributed by atoms with Crippen LogP contribution in [0.2, 0.25) is 5.02 Å². The van der Waals surface area contributed by atoms with E-state index in [2.05, 4.69) is 18.7 Å². The zero-order valence-corrected chi connectivity index (χ0v) is 12.1. The molecule has 0 aliphatic rings. The number of anilines is 1. The van der Waals surface area contributed by atoms with E-state index >= 15 is 0 Å². The summed E-state index contributed by atoms with van der Waals surface area (Å²) in [5.74, 6) is 0.661. The number of rotatable bonds is 5. The lowest BCUT2D eigenvalue weighted by Gasteiger charge is -2.21. The van der Waals surface area contributed by atoms with Gasteiger partial charge in [-0.15, -0.1) is 12.4 Å². The number of hydrogen-bond acceptors (Lipinski definition) is 2. The van der Waals surface area contributed by atoms with Crippen molar-refractivity contribution in [2.75, 3.05) is 18.0 Å². The lowest BCUT2D eigenvalue weighted by atomic mass is 10.3. The Bertz CT molecular complexity index is 353. The lowest BCUT2D eigenvalue weighted by Crippen LogP contribution is -2.41. The predicted octanol–water partition coefficient (Wildman–Crippen LogP) is 3.33. The van der Waals surface area contributed by atoms with E-state index in [4.69, 9.17) is 11.6 Å². The lowest BCUT2D eigenvalue weighted by molar-refractivity contribution is -0.599. The molecular weight excluding hydrogens is 259 g/mol. The van der Waals surface area contributed by atoms with Gasteiger partial charge in [0.2, 0.25) is 0 Å². The third-order valence-corrected chi connectivity index (χ3v) is 2.67. The molecule has 0 fully saturated rings. The molecule has 1 aromatic heterocycles. The zero-order chi connectivity index (χ0) is 12.1. The number of aryl methyl sites for hydroxylation is 1. The van der Waals surface area contributed by atoms with Gasteiger partial charge in [-0.2, -0.15) is 0 Å². The topological polar surface area (TPSA) is 30.2 Å². The highest BCUT2D eigenvalue weighted by molar-refractivity contribution is 6.30. The van der Waals surface area contributed by atoms with E-state index < -0.39 is 0 Å². The van der Waals surface area contributed by atoms with Crippen LogP contribution in [0.25, 0.3) is 0 Å². The molecule has 1 heterocycles. The first-order chi connectivity index (χ1) is 7.60. The molecule has 5 heteroatoms. The van der Waals surface area contributed by atoms with Crippen LogP contribution in [0.3, 0.4) is 0 Å². The van der Waals surface area contributed by atoms with Gasteiger partial charge in [0, 0.05) is 6.07 Å². The third kappa shape index (κ3) is 4.25. The second kappa shape index (κ2) is 7.62. The van der Waals surface area contributed by atoms with Gasteiger partial charge >= 0.3 is 0 Å². The van der Waals surface area contributed by atoms with Crippen molar-refractivity contribution in [1.29, 1.82) is 0 Å². The van der Waals surface area contributed by atoms with Crippen LogP contribution in [-0.2, 0) is 0 Å². The quantitative estimate of drug-likeness (QED) is 0.611. The van der Waals surface area contributed by atoms with Crippen molar-refractivity contribution in [3.8, 4) is 0 Å². The Morgan fingerprint density at radius 2 is 1.76 bits per heavy atom. The molecule has 0 saturated heterocycles. The molecule has 17 heavy (non-hydrogen) atoms. The van der Waals surface area contributed by atoms with Crippen molar-refractivity contribution < 1.29 is 4.73 Å². The van der Waals surface area contributed by atoms with Gasteiger partial charge in [0.05, 0.1) is 18.1 Å². The maximum atomic E-state index is 11.9. The van der Waals surface area contributed by atoms with Gasteiger partial charge in [0.15, 0.2) is 0 Å². The highest BCUT2D eigenvalue weighted by atomic mass is 35.5. The standard InChI is InChI=1S/C12H19ClN2O.ClH/c1-4-6-14(7-5-2)12-9-11(13)8-10(3)15(12)16;/h8-9H,4-7H2,1-3H3;1H. The molecule has 0 aliphatic heterocycles. The minimum Gasteiger partial charge on any atom is -0.710 e. The second-order valence-electron chi connectivity index (χ2n) is 3.95. The Kier molecular flexibility index (Phi) is 7.32. The second-order valence-corrected chi connectivity index (χ2v) is 4.39. The minimum atomic E-state index is 0. The summed E-state index contributed by atoms with van der Waals surface area (Å²) in [6.45, 7) is 7.76. The van der Waals surface area contributed by atoms with E-state index in [1.54, 1.807) is 19.1 Å². The van der Waals surface area contributed by atoms with E-state index in [9.17, 15) is 5.21 Å². The summed E-state index contributed by atoms with van der Waals surface area (Å²) in [6, 6.07) is 3.43. The molecule has 0 N–H and O–H groups in total. The van der Waals surface area contributed by atoms with E-state index in [1.807, 2.05) is 0 Å². The van der Waals surface area contributed by atoms with E-state index in [-0.39, 0.29) is 12.4 Å². The molecular formula is C12H20Cl2N2O. The first kappa shape index (κ1) is 16.3. The summed E-state index contributed by atoms with van der Waals surface area (Å²) < 4.78 is 0.956. The predicted molar refractivity (Wildman–Crippen MR) is 75.2 cm³/mol. The Morgan fingerprint density at radius 1 is 1.24 bits per heavy atom. The van der Waals surface area contributed by atoms with Gasteiger partial charge in [-0.05, 0) is 25.8 Å². The van der Waals surface area contributed by atoms with Crippen LogP contribution in [0.1, 0.15) is 32.4 Å². The Hall–Kier alpha value is -0.670. The molecule has 1 rings (SSSR count). The van der Waals surface area contributed by atoms with Crippen LogP contribution < -0.4 is 9.63 Å². The molecule has 0 spiro atoms. The van der Waals surface area contributed by atoms with Gasteiger partial charge < -0.3 is 5.21 Å². The van der Waals surface area contributed by atoms with Crippen molar-refractivity contribution in [3.63, 3.8) is 0 Å². The monoisotopic (exact) mass is 278 g/mol. The number of halogens is 2. The van der Waals surface area contributed by atoms with E-state index in [0.717, 1.165) is 30.7 Å². The van der Waals surface area contributed by atoms with Gasteiger partial charge in [-0.1, -0.05) is 25.4 Å². The number of aromatic nitrogens is 1. The van der Waals surface area contributed by atoms with Crippen molar-refractivity contribution >= 4 is 29.8 Å². The molecule has 0 atom stereocenters.